The first-order chi connectivity index (χ1) is 12.1. The molecule has 2 aromatic carbocycles. The van der Waals surface area contributed by atoms with Crippen LogP contribution < -0.4 is 5.32 Å². The number of hydrogen-bond donors (Lipinski definition) is 2. The van der Waals surface area contributed by atoms with Gasteiger partial charge in [0, 0.05) is 13.0 Å². The summed E-state index contributed by atoms with van der Waals surface area (Å²) in [5, 5.41) is 22.7. The van der Waals surface area contributed by atoms with Gasteiger partial charge in [0.25, 0.3) is 0 Å². The summed E-state index contributed by atoms with van der Waals surface area (Å²) in [6.45, 7) is 4.71. The molecule has 0 bridgehead atoms. The quantitative estimate of drug-likeness (QED) is 0.770. The fraction of sp³-hybridized carbons (Fsp3) is 0.300. The van der Waals surface area contributed by atoms with E-state index in [-0.39, 0.29) is 6.04 Å². The number of nitrogens with one attached hydrogen (secondary N) is 1. The van der Waals surface area contributed by atoms with Gasteiger partial charge in [0.1, 0.15) is 0 Å². The van der Waals surface area contributed by atoms with Gasteiger partial charge >= 0.3 is 0 Å². The molecule has 2 atom stereocenters. The number of aromatic nitrogens is 3. The molecule has 4 rings (SSSR count). The summed E-state index contributed by atoms with van der Waals surface area (Å²) in [5.74, 6) is 0. The van der Waals surface area contributed by atoms with Gasteiger partial charge in [0.05, 0.1) is 29.7 Å². The zero-order valence-corrected chi connectivity index (χ0v) is 14.5. The SMILES string of the molecule is Cc1cc(C)cc(-n2ncc(CN[C@H]3c4ccccc4C[C@H]3O)n2)c1. The minimum absolute atomic E-state index is 0.0532. The molecule has 128 valence electrons. The van der Waals surface area contributed by atoms with E-state index in [0.29, 0.717) is 13.0 Å². The molecule has 1 aliphatic carbocycles. The second kappa shape index (κ2) is 6.43. The third kappa shape index (κ3) is 3.21. The first-order valence-electron chi connectivity index (χ1n) is 8.59. The number of hydrogen-bond acceptors (Lipinski definition) is 4. The Kier molecular flexibility index (Phi) is 4.11. The average Bonchev–Trinajstić information content (AvgIpc) is 3.16. The second-order valence-corrected chi connectivity index (χ2v) is 6.80. The summed E-state index contributed by atoms with van der Waals surface area (Å²) in [7, 11) is 0. The topological polar surface area (TPSA) is 63.0 Å². The van der Waals surface area contributed by atoms with Crippen molar-refractivity contribution >= 4 is 0 Å². The van der Waals surface area contributed by atoms with Crippen molar-refractivity contribution in [3.8, 4) is 5.69 Å². The summed E-state index contributed by atoms with van der Waals surface area (Å²) >= 11 is 0. The van der Waals surface area contributed by atoms with Crippen molar-refractivity contribution < 1.29 is 5.11 Å². The Morgan fingerprint density at radius 2 is 1.92 bits per heavy atom. The van der Waals surface area contributed by atoms with E-state index in [2.05, 4.69) is 59.7 Å². The predicted octanol–water partition coefficient (Wildman–Crippen LogP) is 2.63. The molecule has 0 amide bonds. The van der Waals surface area contributed by atoms with E-state index < -0.39 is 6.10 Å². The molecule has 25 heavy (non-hydrogen) atoms. The predicted molar refractivity (Wildman–Crippen MR) is 96.6 cm³/mol. The molecule has 0 spiro atoms. The highest BCUT2D eigenvalue weighted by atomic mass is 16.3. The molecule has 1 heterocycles. The summed E-state index contributed by atoms with van der Waals surface area (Å²) in [5.41, 5.74) is 6.60. The van der Waals surface area contributed by atoms with Crippen LogP contribution in [0.25, 0.3) is 5.69 Å². The lowest BCUT2D eigenvalue weighted by Crippen LogP contribution is -2.28. The molecule has 0 saturated heterocycles. The summed E-state index contributed by atoms with van der Waals surface area (Å²) in [6.07, 6.45) is 2.08. The third-order valence-electron chi connectivity index (χ3n) is 4.68. The van der Waals surface area contributed by atoms with Crippen molar-refractivity contribution in [1.82, 2.24) is 20.3 Å². The highest BCUT2D eigenvalue weighted by Gasteiger charge is 2.30. The second-order valence-electron chi connectivity index (χ2n) is 6.80. The van der Waals surface area contributed by atoms with Gasteiger partial charge in [-0.1, -0.05) is 30.3 Å². The molecule has 5 heteroatoms. The largest absolute Gasteiger partial charge is 0.391 e. The van der Waals surface area contributed by atoms with Crippen LogP contribution in [0.1, 0.15) is 34.0 Å². The number of nitrogens with zero attached hydrogens (tertiary/aromatic N) is 3. The standard InChI is InChI=1S/C20H22N4O/c1-13-7-14(2)9-17(8-13)24-22-12-16(23-24)11-21-20-18-6-4-3-5-15(18)10-19(20)25/h3-9,12,19-21,25H,10-11H2,1-2H3/t19-,20+/m1/s1. The third-order valence-corrected chi connectivity index (χ3v) is 4.68. The lowest BCUT2D eigenvalue weighted by Gasteiger charge is -2.17. The van der Waals surface area contributed by atoms with Gasteiger partial charge in [-0.3, -0.25) is 0 Å². The molecular formula is C20H22N4O. The fourth-order valence-electron chi connectivity index (χ4n) is 3.60. The van der Waals surface area contributed by atoms with E-state index in [0.717, 1.165) is 11.4 Å². The first-order valence-corrected chi connectivity index (χ1v) is 8.59. The van der Waals surface area contributed by atoms with E-state index in [1.54, 1.807) is 11.0 Å². The Balaban J connectivity index is 1.49. The van der Waals surface area contributed by atoms with Crippen LogP contribution in [-0.4, -0.2) is 26.2 Å². The maximum atomic E-state index is 10.3. The van der Waals surface area contributed by atoms with Crippen LogP contribution in [0, 0.1) is 13.8 Å². The van der Waals surface area contributed by atoms with Crippen molar-refractivity contribution in [2.45, 2.75) is 39.0 Å². The lowest BCUT2D eigenvalue weighted by molar-refractivity contribution is 0.140. The zero-order chi connectivity index (χ0) is 17.4. The van der Waals surface area contributed by atoms with Gasteiger partial charge in [-0.05, 0) is 48.2 Å². The number of benzene rings is 2. The lowest BCUT2D eigenvalue weighted by atomic mass is 10.1. The average molecular weight is 334 g/mol. The molecule has 1 aromatic heterocycles. The molecule has 0 radical (unpaired) electrons. The van der Waals surface area contributed by atoms with Crippen LogP contribution in [0.5, 0.6) is 0 Å². The molecule has 3 aromatic rings. The van der Waals surface area contributed by atoms with Gasteiger partial charge in [-0.15, -0.1) is 0 Å². The molecule has 0 aliphatic heterocycles. The van der Waals surface area contributed by atoms with Gasteiger partial charge in [0.15, 0.2) is 0 Å². The zero-order valence-electron chi connectivity index (χ0n) is 14.5. The van der Waals surface area contributed by atoms with E-state index in [1.165, 1.54) is 22.3 Å². The highest BCUT2D eigenvalue weighted by molar-refractivity contribution is 5.38. The van der Waals surface area contributed by atoms with Crippen molar-refractivity contribution in [3.63, 3.8) is 0 Å². The maximum Gasteiger partial charge on any atom is 0.0969 e. The van der Waals surface area contributed by atoms with Crippen LogP contribution in [0.2, 0.25) is 0 Å². The molecule has 0 fully saturated rings. The van der Waals surface area contributed by atoms with Crippen molar-refractivity contribution in [3.05, 3.63) is 76.6 Å². The van der Waals surface area contributed by atoms with Crippen LogP contribution in [0.15, 0.2) is 48.7 Å². The van der Waals surface area contributed by atoms with E-state index in [9.17, 15) is 5.11 Å². The normalized spacial score (nSPS) is 19.2. The number of aliphatic hydroxyl groups is 1. The van der Waals surface area contributed by atoms with E-state index in [4.69, 9.17) is 0 Å². The summed E-state index contributed by atoms with van der Waals surface area (Å²) in [4.78, 5) is 1.66. The monoisotopic (exact) mass is 334 g/mol. The highest BCUT2D eigenvalue weighted by Crippen LogP contribution is 2.31. The van der Waals surface area contributed by atoms with Gasteiger partial charge in [0.2, 0.25) is 0 Å². The summed E-state index contributed by atoms with van der Waals surface area (Å²) < 4.78 is 0. The molecule has 0 saturated carbocycles. The molecule has 0 unspecified atom stereocenters. The first kappa shape index (κ1) is 16.0. The Labute approximate surface area is 147 Å². The number of aryl methyl sites for hydroxylation is 2. The van der Waals surface area contributed by atoms with Crippen LogP contribution in [-0.2, 0) is 13.0 Å². The Morgan fingerprint density at radius 1 is 1.16 bits per heavy atom. The van der Waals surface area contributed by atoms with Crippen molar-refractivity contribution in [1.29, 1.82) is 0 Å². The van der Waals surface area contributed by atoms with Gasteiger partial charge < -0.3 is 10.4 Å². The minimum Gasteiger partial charge on any atom is -0.391 e. The smallest absolute Gasteiger partial charge is 0.0969 e. The minimum atomic E-state index is -0.396. The van der Waals surface area contributed by atoms with E-state index >= 15 is 0 Å². The van der Waals surface area contributed by atoms with Gasteiger partial charge in [-0.2, -0.15) is 15.0 Å². The van der Waals surface area contributed by atoms with Gasteiger partial charge in [-0.25, -0.2) is 0 Å². The molecular weight excluding hydrogens is 312 g/mol. The number of rotatable bonds is 4. The molecule has 1 aliphatic rings. The number of fused-ring (bicyclic) bond motifs is 1. The fourth-order valence-corrected chi connectivity index (χ4v) is 3.60. The molecule has 5 nitrogen and oxygen atoms in total. The van der Waals surface area contributed by atoms with Crippen LogP contribution in [0.4, 0.5) is 0 Å². The Morgan fingerprint density at radius 3 is 2.72 bits per heavy atom. The summed E-state index contributed by atoms with van der Waals surface area (Å²) in [6, 6.07) is 14.4. The van der Waals surface area contributed by atoms with E-state index in [1.807, 2.05) is 12.1 Å². The maximum absolute atomic E-state index is 10.3. The Hall–Kier alpha value is -2.50. The Bertz CT molecular complexity index is 882. The van der Waals surface area contributed by atoms with Crippen molar-refractivity contribution in [2.24, 2.45) is 0 Å². The number of aliphatic hydroxyl groups excluding tert-OH is 1. The van der Waals surface area contributed by atoms with Crippen LogP contribution in [0.3, 0.4) is 0 Å². The van der Waals surface area contributed by atoms with Crippen LogP contribution >= 0.6 is 0 Å². The molecule has 2 N–H and O–H groups in total. The van der Waals surface area contributed by atoms with Crippen molar-refractivity contribution in [2.75, 3.05) is 0 Å².